The molecule has 10 heteroatoms. The fourth-order valence-electron chi connectivity index (χ4n) is 1.52. The van der Waals surface area contributed by atoms with E-state index in [1.807, 2.05) is 5.32 Å². The summed E-state index contributed by atoms with van der Waals surface area (Å²) in [5, 5.41) is 12.9. The molecule has 0 aliphatic carbocycles. The van der Waals surface area contributed by atoms with Crippen LogP contribution in [0.15, 0.2) is 0 Å². The highest BCUT2D eigenvalue weighted by Crippen LogP contribution is 2.24. The van der Waals surface area contributed by atoms with Crippen molar-refractivity contribution in [1.29, 1.82) is 0 Å². The summed E-state index contributed by atoms with van der Waals surface area (Å²) >= 11 is 0. The number of rotatable bonds is 8. The average Bonchev–Trinajstić information content (AvgIpc) is 2.25. The van der Waals surface area contributed by atoms with Crippen LogP contribution in [0.1, 0.15) is 26.7 Å². The minimum atomic E-state index is -3.43. The Kier molecular flexibility index (Phi) is 7.30. The van der Waals surface area contributed by atoms with Crippen LogP contribution < -0.4 is 15.4 Å². The molecule has 0 atom stereocenters. The summed E-state index contributed by atoms with van der Waals surface area (Å²) < 4.78 is 24.3. The van der Waals surface area contributed by atoms with Gasteiger partial charge in [-0.25, -0.2) is 17.9 Å². The van der Waals surface area contributed by atoms with Crippen molar-refractivity contribution < 1.29 is 27.9 Å². The van der Waals surface area contributed by atoms with Gasteiger partial charge in [-0.3, -0.25) is 14.9 Å². The summed E-state index contributed by atoms with van der Waals surface area (Å²) in [6, 6.07) is -0.822. The number of carboxylic acids is 1. The van der Waals surface area contributed by atoms with E-state index in [0.717, 1.165) is 0 Å². The molecule has 0 aliphatic rings. The van der Waals surface area contributed by atoms with Crippen LogP contribution in [-0.4, -0.2) is 50.8 Å². The van der Waals surface area contributed by atoms with Crippen LogP contribution in [0.25, 0.3) is 0 Å². The Bertz CT molecular complexity index is 500. The van der Waals surface area contributed by atoms with Gasteiger partial charge in [0, 0.05) is 13.0 Å². The van der Waals surface area contributed by atoms with E-state index >= 15 is 0 Å². The third-order valence-corrected chi connectivity index (χ3v) is 3.85. The Labute approximate surface area is 123 Å². The maximum atomic E-state index is 11.6. The number of carboxylic acid groups (broad SMARTS) is 1. The molecular weight excluding hydrogens is 302 g/mol. The Balaban J connectivity index is 4.16. The van der Waals surface area contributed by atoms with E-state index in [1.54, 1.807) is 13.8 Å². The summed E-state index contributed by atoms with van der Waals surface area (Å²) in [6.45, 7) is 3.04. The molecule has 3 amide bonds. The maximum Gasteiger partial charge on any atom is 0.321 e. The Hall–Kier alpha value is -1.68. The normalized spacial score (nSPS) is 11.8. The van der Waals surface area contributed by atoms with E-state index in [1.165, 1.54) is 7.05 Å². The number of sulfonamides is 1. The zero-order valence-corrected chi connectivity index (χ0v) is 13.0. The molecule has 122 valence electrons. The summed E-state index contributed by atoms with van der Waals surface area (Å²) in [6.07, 6.45) is -0.343. The first kappa shape index (κ1) is 19.3. The van der Waals surface area contributed by atoms with E-state index < -0.39 is 33.3 Å². The van der Waals surface area contributed by atoms with Crippen LogP contribution in [0, 0.1) is 5.41 Å². The van der Waals surface area contributed by atoms with Crippen molar-refractivity contribution in [3.8, 4) is 0 Å². The summed E-state index contributed by atoms with van der Waals surface area (Å²) in [4.78, 5) is 33.5. The Morgan fingerprint density at radius 2 is 1.71 bits per heavy atom. The zero-order valence-electron chi connectivity index (χ0n) is 12.2. The zero-order chi connectivity index (χ0) is 16.7. The van der Waals surface area contributed by atoms with Crippen molar-refractivity contribution in [2.24, 2.45) is 5.41 Å². The number of imide groups is 1. The number of amides is 3. The number of urea groups is 1. The molecular formula is C11H21N3O6S. The second-order valence-corrected chi connectivity index (χ2v) is 7.28. The van der Waals surface area contributed by atoms with Gasteiger partial charge in [-0.05, 0) is 12.5 Å². The predicted octanol–water partition coefficient (Wildman–Crippen LogP) is -0.748. The average molecular weight is 323 g/mol. The molecule has 21 heavy (non-hydrogen) atoms. The monoisotopic (exact) mass is 323 g/mol. The lowest BCUT2D eigenvalue weighted by molar-refractivity contribution is -0.139. The van der Waals surface area contributed by atoms with Gasteiger partial charge in [0.25, 0.3) is 0 Å². The van der Waals surface area contributed by atoms with E-state index in [4.69, 9.17) is 5.11 Å². The molecule has 0 spiro atoms. The molecule has 0 aromatic rings. The number of hydrogen-bond donors (Lipinski definition) is 4. The van der Waals surface area contributed by atoms with Gasteiger partial charge in [0.15, 0.2) is 0 Å². The van der Waals surface area contributed by atoms with Crippen molar-refractivity contribution in [1.82, 2.24) is 15.4 Å². The van der Waals surface area contributed by atoms with E-state index in [9.17, 15) is 22.8 Å². The first-order valence-corrected chi connectivity index (χ1v) is 7.83. The van der Waals surface area contributed by atoms with E-state index in [-0.39, 0.29) is 25.1 Å². The van der Waals surface area contributed by atoms with E-state index in [2.05, 4.69) is 10.0 Å². The first-order valence-electron chi connectivity index (χ1n) is 6.18. The summed E-state index contributed by atoms with van der Waals surface area (Å²) in [5.41, 5.74) is -0.786. The highest BCUT2D eigenvalue weighted by Gasteiger charge is 2.25. The lowest BCUT2D eigenvalue weighted by Crippen LogP contribution is -2.43. The Morgan fingerprint density at radius 3 is 2.19 bits per heavy atom. The second-order valence-electron chi connectivity index (χ2n) is 5.24. The first-order chi connectivity index (χ1) is 9.47. The second kappa shape index (κ2) is 7.93. The highest BCUT2D eigenvalue weighted by atomic mass is 32.2. The van der Waals surface area contributed by atoms with Gasteiger partial charge in [-0.1, -0.05) is 13.8 Å². The number of nitrogens with one attached hydrogen (secondary N) is 3. The van der Waals surface area contributed by atoms with Crippen LogP contribution in [0.5, 0.6) is 0 Å². The number of aliphatic carboxylic acids is 1. The quantitative estimate of drug-likeness (QED) is 0.463. The van der Waals surface area contributed by atoms with Gasteiger partial charge in [0.1, 0.15) is 0 Å². The van der Waals surface area contributed by atoms with Gasteiger partial charge >= 0.3 is 12.0 Å². The largest absolute Gasteiger partial charge is 0.481 e. The molecule has 0 heterocycles. The van der Waals surface area contributed by atoms with Gasteiger partial charge in [-0.2, -0.15) is 0 Å². The Morgan fingerprint density at radius 1 is 1.14 bits per heavy atom. The predicted molar refractivity (Wildman–Crippen MR) is 75.0 cm³/mol. The molecule has 9 nitrogen and oxygen atoms in total. The van der Waals surface area contributed by atoms with Crippen molar-refractivity contribution in [2.45, 2.75) is 26.7 Å². The molecule has 0 fully saturated rings. The minimum absolute atomic E-state index is 0.137. The lowest BCUT2D eigenvalue weighted by atomic mass is 9.85. The number of carbonyl (C=O) groups excluding carboxylic acids is 2. The van der Waals surface area contributed by atoms with Crippen molar-refractivity contribution in [3.05, 3.63) is 0 Å². The van der Waals surface area contributed by atoms with Crippen molar-refractivity contribution in [2.75, 3.05) is 19.3 Å². The van der Waals surface area contributed by atoms with Crippen LogP contribution in [0.4, 0.5) is 4.79 Å². The number of carbonyl (C=O) groups is 3. The molecule has 0 aromatic carbocycles. The molecule has 0 rings (SSSR count). The smallest absolute Gasteiger partial charge is 0.321 e. The maximum absolute atomic E-state index is 11.6. The van der Waals surface area contributed by atoms with Crippen molar-refractivity contribution in [3.63, 3.8) is 0 Å². The van der Waals surface area contributed by atoms with Crippen LogP contribution in [-0.2, 0) is 19.6 Å². The molecule has 0 saturated heterocycles. The number of hydrogen-bond acceptors (Lipinski definition) is 5. The van der Waals surface area contributed by atoms with Gasteiger partial charge < -0.3 is 10.4 Å². The standard InChI is InChI=1S/C11H21N3O6S/c1-11(2,7-9(16)17)6-8(15)14-10(18)13-4-5-21(19,20)12-3/h12H,4-7H2,1-3H3,(H,16,17)(H2,13,14,15,18). The summed E-state index contributed by atoms with van der Waals surface area (Å²) in [5.74, 6) is -1.97. The lowest BCUT2D eigenvalue weighted by Gasteiger charge is -2.21. The van der Waals surface area contributed by atoms with E-state index in [0.29, 0.717) is 0 Å². The van der Waals surface area contributed by atoms with Gasteiger partial charge in [0.05, 0.1) is 12.2 Å². The van der Waals surface area contributed by atoms with Gasteiger partial charge in [-0.15, -0.1) is 0 Å². The third-order valence-electron chi connectivity index (χ3n) is 2.49. The molecule has 0 aromatic heterocycles. The van der Waals surface area contributed by atoms with Gasteiger partial charge in [0.2, 0.25) is 15.9 Å². The molecule has 0 aliphatic heterocycles. The fourth-order valence-corrected chi connectivity index (χ4v) is 2.10. The van der Waals surface area contributed by atoms with Crippen LogP contribution in [0.3, 0.4) is 0 Å². The fraction of sp³-hybridized carbons (Fsp3) is 0.727. The summed E-state index contributed by atoms with van der Waals surface area (Å²) in [7, 11) is -2.18. The van der Waals surface area contributed by atoms with Crippen LogP contribution in [0.2, 0.25) is 0 Å². The topological polar surface area (TPSA) is 142 Å². The molecule has 0 bridgehead atoms. The molecule has 0 unspecified atom stereocenters. The highest BCUT2D eigenvalue weighted by molar-refractivity contribution is 7.89. The molecule has 0 radical (unpaired) electrons. The minimum Gasteiger partial charge on any atom is -0.481 e. The van der Waals surface area contributed by atoms with Crippen LogP contribution >= 0.6 is 0 Å². The molecule has 4 N–H and O–H groups in total. The molecule has 0 saturated carbocycles. The van der Waals surface area contributed by atoms with Crippen molar-refractivity contribution >= 4 is 27.9 Å². The SMILES string of the molecule is CNS(=O)(=O)CCNC(=O)NC(=O)CC(C)(C)CC(=O)O. The third kappa shape index (κ3) is 9.79.